The van der Waals surface area contributed by atoms with Crippen LogP contribution in [0.15, 0.2) is 53.7 Å². The van der Waals surface area contributed by atoms with Gasteiger partial charge < -0.3 is 18.8 Å². The van der Waals surface area contributed by atoms with Gasteiger partial charge in [0.15, 0.2) is 16.3 Å². The molecule has 0 N–H and O–H groups in total. The minimum atomic E-state index is -0.456. The van der Waals surface area contributed by atoms with Crippen LogP contribution < -0.4 is 14.3 Å². The number of thiazole rings is 1. The van der Waals surface area contributed by atoms with Crippen LogP contribution in [0.2, 0.25) is 0 Å². The number of para-hydroxylation sites is 1. The van der Waals surface area contributed by atoms with Crippen molar-refractivity contribution < 1.29 is 23.8 Å². The summed E-state index contributed by atoms with van der Waals surface area (Å²) in [5.41, 5.74) is 2.57. The highest BCUT2D eigenvalue weighted by atomic mass is 32.1. The molecule has 0 saturated heterocycles. The van der Waals surface area contributed by atoms with Gasteiger partial charge in [-0.05, 0) is 26.0 Å². The number of hydrogen-bond donors (Lipinski definition) is 0. The van der Waals surface area contributed by atoms with Crippen molar-refractivity contribution in [3.63, 3.8) is 0 Å². The van der Waals surface area contributed by atoms with Crippen LogP contribution in [-0.2, 0) is 16.1 Å². The third-order valence-corrected chi connectivity index (χ3v) is 6.26. The summed E-state index contributed by atoms with van der Waals surface area (Å²) >= 11 is 1.27. The zero-order chi connectivity index (χ0) is 24.2. The molecule has 0 aliphatic carbocycles. The van der Waals surface area contributed by atoms with Gasteiger partial charge in [-0.15, -0.1) is 0 Å². The molecular weight excluding hydrogens is 456 g/mol. The van der Waals surface area contributed by atoms with E-state index in [0.717, 1.165) is 10.4 Å². The Labute approximate surface area is 199 Å². The largest absolute Gasteiger partial charge is 0.493 e. The minimum absolute atomic E-state index is 0.0995. The molecule has 0 radical (unpaired) electrons. The van der Waals surface area contributed by atoms with Gasteiger partial charge in [0.2, 0.25) is 0 Å². The van der Waals surface area contributed by atoms with Gasteiger partial charge in [-0.3, -0.25) is 9.59 Å². The molecule has 4 rings (SSSR count). The van der Waals surface area contributed by atoms with Crippen LogP contribution in [0.3, 0.4) is 0 Å². The van der Waals surface area contributed by atoms with Crippen LogP contribution in [-0.4, -0.2) is 47.1 Å². The Morgan fingerprint density at radius 3 is 2.47 bits per heavy atom. The Bertz CT molecular complexity index is 1420. The van der Waals surface area contributed by atoms with Crippen LogP contribution in [0.4, 0.5) is 0 Å². The predicted molar refractivity (Wildman–Crippen MR) is 128 cm³/mol. The van der Waals surface area contributed by atoms with Crippen molar-refractivity contribution in [3.05, 3.63) is 64.7 Å². The number of hydrogen-bond acceptors (Lipinski definition) is 7. The molecule has 0 aliphatic heterocycles. The van der Waals surface area contributed by atoms with Crippen LogP contribution in [0, 0.1) is 6.92 Å². The maximum Gasteiger partial charge on any atom is 0.326 e. The number of methoxy groups -OCH3 is 2. The molecule has 0 unspecified atom stereocenters. The van der Waals surface area contributed by atoms with Crippen molar-refractivity contribution in [3.8, 4) is 17.2 Å². The number of fused-ring (bicyclic) bond motifs is 1. The summed E-state index contributed by atoms with van der Waals surface area (Å²) < 4.78 is 20.1. The molecule has 10 heteroatoms. The maximum absolute atomic E-state index is 13.2. The van der Waals surface area contributed by atoms with Crippen LogP contribution in [0.25, 0.3) is 15.9 Å². The number of ether oxygens (including phenoxy) is 3. The van der Waals surface area contributed by atoms with Crippen LogP contribution in [0.5, 0.6) is 11.5 Å². The van der Waals surface area contributed by atoms with E-state index < -0.39 is 11.9 Å². The van der Waals surface area contributed by atoms with Crippen molar-refractivity contribution in [2.24, 2.45) is 4.99 Å². The van der Waals surface area contributed by atoms with E-state index in [2.05, 4.69) is 10.1 Å². The second kappa shape index (κ2) is 9.92. The van der Waals surface area contributed by atoms with Gasteiger partial charge in [-0.1, -0.05) is 29.5 Å². The van der Waals surface area contributed by atoms with E-state index in [1.807, 2.05) is 37.3 Å². The first-order valence-electron chi connectivity index (χ1n) is 10.6. The van der Waals surface area contributed by atoms with E-state index in [4.69, 9.17) is 14.2 Å². The SMILES string of the molecule is CCOC(=O)Cn1c(=NC(=O)c2cnn(-c3ccccc3)c2C)sc2cc(OC)c(OC)cc21. The second-order valence-corrected chi connectivity index (χ2v) is 8.27. The highest BCUT2D eigenvalue weighted by Gasteiger charge is 2.18. The fourth-order valence-electron chi connectivity index (χ4n) is 3.57. The highest BCUT2D eigenvalue weighted by molar-refractivity contribution is 7.16. The van der Waals surface area contributed by atoms with Crippen molar-refractivity contribution in [1.82, 2.24) is 14.3 Å². The lowest BCUT2D eigenvalue weighted by Gasteiger charge is -2.09. The van der Waals surface area contributed by atoms with E-state index in [-0.39, 0.29) is 13.2 Å². The second-order valence-electron chi connectivity index (χ2n) is 7.26. The van der Waals surface area contributed by atoms with E-state index in [9.17, 15) is 9.59 Å². The van der Waals surface area contributed by atoms with E-state index in [1.165, 1.54) is 24.6 Å². The number of aromatic nitrogens is 3. The zero-order valence-corrected chi connectivity index (χ0v) is 20.1. The molecule has 0 aliphatic rings. The Morgan fingerprint density at radius 1 is 1.09 bits per heavy atom. The molecule has 4 aromatic rings. The third-order valence-electron chi connectivity index (χ3n) is 5.22. The lowest BCUT2D eigenvalue weighted by Crippen LogP contribution is -2.23. The number of amides is 1. The van der Waals surface area contributed by atoms with Gasteiger partial charge in [0, 0.05) is 12.1 Å². The highest BCUT2D eigenvalue weighted by Crippen LogP contribution is 2.33. The van der Waals surface area contributed by atoms with Gasteiger partial charge in [0.25, 0.3) is 5.91 Å². The quantitative estimate of drug-likeness (QED) is 0.376. The standard InChI is InChI=1S/C24H24N4O5S/c1-5-33-22(29)14-27-18-11-19(31-3)20(32-4)12-21(18)34-24(27)26-23(30)17-13-25-28(15(17)2)16-9-7-6-8-10-16/h6-13H,5,14H2,1-4H3. The lowest BCUT2D eigenvalue weighted by molar-refractivity contribution is -0.143. The van der Waals surface area contributed by atoms with Crippen molar-refractivity contribution in [2.75, 3.05) is 20.8 Å². The van der Waals surface area contributed by atoms with Crippen molar-refractivity contribution >= 4 is 33.4 Å². The summed E-state index contributed by atoms with van der Waals surface area (Å²) in [6.07, 6.45) is 1.50. The summed E-state index contributed by atoms with van der Waals surface area (Å²) in [5, 5.41) is 4.36. The van der Waals surface area contributed by atoms with Gasteiger partial charge >= 0.3 is 5.97 Å². The molecular formula is C24H24N4O5S. The first-order chi connectivity index (χ1) is 16.5. The average Bonchev–Trinajstić information content (AvgIpc) is 3.38. The number of esters is 1. The zero-order valence-electron chi connectivity index (χ0n) is 19.3. The number of nitrogens with zero attached hydrogens (tertiary/aromatic N) is 4. The summed E-state index contributed by atoms with van der Waals surface area (Å²) in [6.45, 7) is 3.71. The maximum atomic E-state index is 13.2. The van der Waals surface area contributed by atoms with E-state index in [1.54, 1.807) is 35.4 Å². The molecule has 2 aromatic carbocycles. The predicted octanol–water partition coefficient (Wildman–Crippen LogP) is 3.52. The summed E-state index contributed by atoms with van der Waals surface area (Å²) in [6, 6.07) is 13.1. The molecule has 0 saturated carbocycles. The van der Waals surface area contributed by atoms with Crippen LogP contribution >= 0.6 is 11.3 Å². The van der Waals surface area contributed by atoms with Gasteiger partial charge in [0.05, 0.1) is 54.2 Å². The van der Waals surface area contributed by atoms with Gasteiger partial charge in [-0.2, -0.15) is 10.1 Å². The normalized spacial score (nSPS) is 11.6. The number of benzene rings is 2. The number of rotatable bonds is 7. The Morgan fingerprint density at radius 2 is 1.79 bits per heavy atom. The van der Waals surface area contributed by atoms with Gasteiger partial charge in [0.1, 0.15) is 6.54 Å². The summed E-state index contributed by atoms with van der Waals surface area (Å²) in [5.74, 6) is 0.155. The van der Waals surface area contributed by atoms with E-state index in [0.29, 0.717) is 33.1 Å². The molecule has 176 valence electrons. The summed E-state index contributed by atoms with van der Waals surface area (Å²) in [4.78, 5) is 30.2. The Balaban J connectivity index is 1.82. The monoisotopic (exact) mass is 480 g/mol. The van der Waals surface area contributed by atoms with Crippen molar-refractivity contribution in [1.29, 1.82) is 0 Å². The molecule has 2 aromatic heterocycles. The van der Waals surface area contributed by atoms with E-state index >= 15 is 0 Å². The molecule has 2 heterocycles. The molecule has 34 heavy (non-hydrogen) atoms. The molecule has 0 fully saturated rings. The summed E-state index contributed by atoms with van der Waals surface area (Å²) in [7, 11) is 3.08. The first kappa shape index (κ1) is 23.2. The number of carbonyl (C=O) groups is 2. The molecule has 0 atom stereocenters. The molecule has 1 amide bonds. The molecule has 9 nitrogen and oxygen atoms in total. The van der Waals surface area contributed by atoms with Crippen molar-refractivity contribution in [2.45, 2.75) is 20.4 Å². The smallest absolute Gasteiger partial charge is 0.326 e. The Kier molecular flexibility index (Phi) is 6.78. The average molecular weight is 481 g/mol. The first-order valence-corrected chi connectivity index (χ1v) is 11.4. The lowest BCUT2D eigenvalue weighted by atomic mass is 10.2. The third kappa shape index (κ3) is 4.44. The fourth-order valence-corrected chi connectivity index (χ4v) is 4.60. The molecule has 0 bridgehead atoms. The topological polar surface area (TPSA) is 96.9 Å². The molecule has 0 spiro atoms. The number of carbonyl (C=O) groups excluding carboxylic acids is 2. The minimum Gasteiger partial charge on any atom is -0.493 e. The Hall–Kier alpha value is -3.92. The van der Waals surface area contributed by atoms with Crippen LogP contribution in [0.1, 0.15) is 23.0 Å². The van der Waals surface area contributed by atoms with Gasteiger partial charge in [-0.25, -0.2) is 4.68 Å². The fraction of sp³-hybridized carbons (Fsp3) is 0.250.